The molecule has 0 aliphatic carbocycles. The fourth-order valence-corrected chi connectivity index (χ4v) is 5.92. The highest BCUT2D eigenvalue weighted by Crippen LogP contribution is 2.39. The van der Waals surface area contributed by atoms with Crippen molar-refractivity contribution in [2.45, 2.75) is 6.92 Å². The molecule has 3 heterocycles. The number of aryl methyl sites for hydroxylation is 2. The van der Waals surface area contributed by atoms with Crippen LogP contribution in [-0.4, -0.2) is 4.40 Å². The Balaban J connectivity index is 1.68. The minimum Gasteiger partial charge on any atom is -0.456 e. The van der Waals surface area contributed by atoms with E-state index in [1.807, 2.05) is 0 Å². The van der Waals surface area contributed by atoms with E-state index in [2.05, 4.69) is 114 Å². The van der Waals surface area contributed by atoms with Crippen molar-refractivity contribution >= 4 is 71.1 Å². The molecule has 160 valence electrons. The van der Waals surface area contributed by atoms with Crippen LogP contribution in [0.1, 0.15) is 5.56 Å². The quantitative estimate of drug-likeness (QED) is 0.177. The maximum absolute atomic E-state index is 6.44. The molecular formula is C31H21N2O+. The lowest BCUT2D eigenvalue weighted by atomic mass is 10.00. The Kier molecular flexibility index (Phi) is 3.27. The van der Waals surface area contributed by atoms with Crippen molar-refractivity contribution in [3.63, 3.8) is 0 Å². The lowest BCUT2D eigenvalue weighted by molar-refractivity contribution is -0.617. The first-order valence-electron chi connectivity index (χ1n) is 11.7. The monoisotopic (exact) mass is 437 g/mol. The lowest BCUT2D eigenvalue weighted by Crippen LogP contribution is -2.27. The topological polar surface area (TPSA) is 21.4 Å². The van der Waals surface area contributed by atoms with E-state index in [9.17, 15) is 0 Å². The van der Waals surface area contributed by atoms with Gasteiger partial charge >= 0.3 is 0 Å². The summed E-state index contributed by atoms with van der Waals surface area (Å²) in [5, 5.41) is 8.50. The summed E-state index contributed by atoms with van der Waals surface area (Å²) in [6.07, 6.45) is 0. The molecule has 3 aromatic heterocycles. The molecule has 0 saturated carbocycles. The van der Waals surface area contributed by atoms with Gasteiger partial charge in [-0.15, -0.1) is 0 Å². The van der Waals surface area contributed by atoms with E-state index >= 15 is 0 Å². The van der Waals surface area contributed by atoms with Crippen molar-refractivity contribution in [2.24, 2.45) is 7.05 Å². The van der Waals surface area contributed by atoms with E-state index in [1.165, 1.54) is 54.7 Å². The molecule has 0 bridgehead atoms. The van der Waals surface area contributed by atoms with E-state index in [1.54, 1.807) is 0 Å². The van der Waals surface area contributed by atoms with E-state index in [4.69, 9.17) is 4.42 Å². The first-order chi connectivity index (χ1) is 16.7. The molecule has 3 heteroatoms. The van der Waals surface area contributed by atoms with Crippen LogP contribution < -0.4 is 4.57 Å². The molecule has 0 N–H and O–H groups in total. The number of benzene rings is 5. The highest BCUT2D eigenvalue weighted by Gasteiger charge is 2.25. The summed E-state index contributed by atoms with van der Waals surface area (Å²) in [6.45, 7) is 2.21. The average Bonchev–Trinajstić information content (AvgIpc) is 3.36. The summed E-state index contributed by atoms with van der Waals surface area (Å²) in [5.74, 6) is 0. The maximum atomic E-state index is 6.44. The van der Waals surface area contributed by atoms with Crippen LogP contribution in [0.25, 0.3) is 71.1 Å². The van der Waals surface area contributed by atoms with Gasteiger partial charge in [-0.25, -0.2) is 4.57 Å². The van der Waals surface area contributed by atoms with E-state index in [0.29, 0.717) is 0 Å². The fraction of sp³-hybridized carbons (Fsp3) is 0.0645. The van der Waals surface area contributed by atoms with Gasteiger partial charge in [0.15, 0.2) is 11.0 Å². The molecule has 8 aromatic rings. The molecule has 0 fully saturated rings. The summed E-state index contributed by atoms with van der Waals surface area (Å²) >= 11 is 0. The predicted octanol–water partition coefficient (Wildman–Crippen LogP) is 7.58. The third kappa shape index (κ3) is 2.14. The van der Waals surface area contributed by atoms with Crippen molar-refractivity contribution in [1.82, 2.24) is 4.40 Å². The normalized spacial score (nSPS) is 12.4. The largest absolute Gasteiger partial charge is 0.456 e. The van der Waals surface area contributed by atoms with Crippen LogP contribution in [0.2, 0.25) is 0 Å². The Bertz CT molecular complexity index is 2140. The average molecular weight is 438 g/mol. The number of para-hydroxylation sites is 2. The number of furan rings is 1. The van der Waals surface area contributed by atoms with Crippen LogP contribution in [0.15, 0.2) is 95.4 Å². The zero-order valence-corrected chi connectivity index (χ0v) is 19.0. The second-order valence-corrected chi connectivity index (χ2v) is 9.37. The first kappa shape index (κ1) is 18.1. The van der Waals surface area contributed by atoms with Crippen LogP contribution in [0.3, 0.4) is 0 Å². The molecule has 0 saturated heterocycles. The summed E-state index contributed by atoms with van der Waals surface area (Å²) < 4.78 is 11.2. The Morgan fingerprint density at radius 2 is 1.38 bits per heavy atom. The number of aromatic nitrogens is 2. The van der Waals surface area contributed by atoms with Gasteiger partial charge in [0.1, 0.15) is 16.7 Å². The van der Waals surface area contributed by atoms with Crippen LogP contribution in [0.5, 0.6) is 0 Å². The van der Waals surface area contributed by atoms with Gasteiger partial charge in [-0.05, 0) is 59.7 Å². The molecule has 0 atom stereocenters. The van der Waals surface area contributed by atoms with Gasteiger partial charge in [0.05, 0.1) is 12.4 Å². The molecular weight excluding hydrogens is 416 g/mol. The standard InChI is InChI=1S/C31H21N2O/c1-18-8-7-11-21-22-17-29-24(23-14-19-9-3-4-10-20(19)15-28(23)34-29)16-27(22)33-26-13-6-5-12-25(26)32(2)31(33)30(18)21/h3-17H,1-2H3/q+1. The molecule has 34 heavy (non-hydrogen) atoms. The van der Waals surface area contributed by atoms with Gasteiger partial charge in [0.25, 0.3) is 5.65 Å². The molecule has 0 spiro atoms. The van der Waals surface area contributed by atoms with Gasteiger partial charge in [-0.2, -0.15) is 4.40 Å². The van der Waals surface area contributed by atoms with Crippen molar-refractivity contribution in [1.29, 1.82) is 0 Å². The summed E-state index contributed by atoms with van der Waals surface area (Å²) in [5.41, 5.74) is 8.01. The number of imidazole rings is 1. The minimum atomic E-state index is 0.931. The van der Waals surface area contributed by atoms with Gasteiger partial charge in [-0.1, -0.05) is 54.6 Å². The van der Waals surface area contributed by atoms with Crippen LogP contribution in [-0.2, 0) is 7.05 Å². The van der Waals surface area contributed by atoms with Gasteiger partial charge in [0.2, 0.25) is 0 Å². The zero-order chi connectivity index (χ0) is 22.6. The summed E-state index contributed by atoms with van der Waals surface area (Å²) in [4.78, 5) is 0. The molecule has 0 aliphatic rings. The Morgan fingerprint density at radius 3 is 2.26 bits per heavy atom. The first-order valence-corrected chi connectivity index (χ1v) is 11.7. The highest BCUT2D eigenvalue weighted by atomic mass is 16.3. The van der Waals surface area contributed by atoms with Crippen molar-refractivity contribution < 1.29 is 8.98 Å². The van der Waals surface area contributed by atoms with E-state index < -0.39 is 0 Å². The Hall–Kier alpha value is -4.37. The third-order valence-corrected chi connectivity index (χ3v) is 7.50. The summed E-state index contributed by atoms with van der Waals surface area (Å²) in [7, 11) is 2.17. The van der Waals surface area contributed by atoms with Crippen molar-refractivity contribution in [3.8, 4) is 0 Å². The van der Waals surface area contributed by atoms with Gasteiger partial charge < -0.3 is 4.42 Å². The number of pyridine rings is 1. The van der Waals surface area contributed by atoms with Crippen LogP contribution in [0.4, 0.5) is 0 Å². The van der Waals surface area contributed by atoms with E-state index in [-0.39, 0.29) is 0 Å². The SMILES string of the molecule is Cc1cccc2c3cc4oc5cc6ccccc6cc5c4cc3n3c4ccccc4[n+](C)c3c12. The molecule has 0 aliphatic heterocycles. The molecule has 0 amide bonds. The Morgan fingerprint density at radius 1 is 0.647 bits per heavy atom. The Labute approximate surface area is 195 Å². The van der Waals surface area contributed by atoms with Gasteiger partial charge in [-0.3, -0.25) is 0 Å². The number of fused-ring (bicyclic) bond motifs is 12. The third-order valence-electron chi connectivity index (χ3n) is 7.50. The second kappa shape index (κ2) is 6.15. The molecule has 8 rings (SSSR count). The minimum absolute atomic E-state index is 0.931. The second-order valence-electron chi connectivity index (χ2n) is 9.37. The maximum Gasteiger partial charge on any atom is 0.295 e. The highest BCUT2D eigenvalue weighted by molar-refractivity contribution is 6.19. The lowest BCUT2D eigenvalue weighted by Gasteiger charge is -2.07. The van der Waals surface area contributed by atoms with E-state index in [0.717, 1.165) is 21.9 Å². The smallest absolute Gasteiger partial charge is 0.295 e. The number of rotatable bonds is 0. The zero-order valence-electron chi connectivity index (χ0n) is 19.0. The van der Waals surface area contributed by atoms with Crippen LogP contribution >= 0.6 is 0 Å². The fourth-order valence-electron chi connectivity index (χ4n) is 5.92. The van der Waals surface area contributed by atoms with Gasteiger partial charge in [0, 0.05) is 21.5 Å². The molecule has 0 radical (unpaired) electrons. The molecule has 0 unspecified atom stereocenters. The number of nitrogens with zero attached hydrogens (tertiary/aromatic N) is 2. The van der Waals surface area contributed by atoms with Crippen molar-refractivity contribution in [3.05, 3.63) is 96.6 Å². The number of hydrogen-bond acceptors (Lipinski definition) is 1. The predicted molar refractivity (Wildman–Crippen MR) is 141 cm³/mol. The van der Waals surface area contributed by atoms with Crippen LogP contribution in [0, 0.1) is 6.92 Å². The number of hydrogen-bond donors (Lipinski definition) is 0. The molecule has 5 aromatic carbocycles. The van der Waals surface area contributed by atoms with Crippen molar-refractivity contribution in [2.75, 3.05) is 0 Å². The molecule has 3 nitrogen and oxygen atoms in total. The summed E-state index contributed by atoms with van der Waals surface area (Å²) in [6, 6.07) is 32.7.